The second kappa shape index (κ2) is 5.24. The maximum absolute atomic E-state index is 9.07. The number of aromatic nitrogens is 1. The van der Waals surface area contributed by atoms with Crippen molar-refractivity contribution in [2.24, 2.45) is 0 Å². The van der Waals surface area contributed by atoms with Crippen molar-refractivity contribution in [3.63, 3.8) is 0 Å². The fourth-order valence-corrected chi connectivity index (χ4v) is 1.82. The zero-order valence-corrected chi connectivity index (χ0v) is 9.58. The van der Waals surface area contributed by atoms with Crippen LogP contribution in [0, 0.1) is 11.5 Å². The Bertz CT molecular complexity index is 531. The number of rotatable bonds is 3. The molecule has 0 amide bonds. The molecule has 84 valence electrons. The highest BCUT2D eigenvalue weighted by Gasteiger charge is 2.20. The van der Waals surface area contributed by atoms with Crippen molar-refractivity contribution >= 4 is 0 Å². The first-order valence-electron chi connectivity index (χ1n) is 5.35. The Morgan fingerprint density at radius 1 is 1.12 bits per heavy atom. The molecule has 0 radical (unpaired) electrons. The molecule has 0 aliphatic carbocycles. The molecule has 0 aliphatic heterocycles. The fraction of sp³-hybridized carbons (Fsp3) is 0.143. The summed E-state index contributed by atoms with van der Waals surface area (Å²) in [5.74, 6) is 0. The van der Waals surface area contributed by atoms with Gasteiger partial charge >= 0.3 is 6.19 Å². The van der Waals surface area contributed by atoms with Gasteiger partial charge in [0.05, 0.1) is 0 Å². The summed E-state index contributed by atoms with van der Waals surface area (Å²) in [7, 11) is 1.65. The van der Waals surface area contributed by atoms with Crippen molar-refractivity contribution in [1.29, 1.82) is 5.26 Å². The highest BCUT2D eigenvalue weighted by Crippen LogP contribution is 2.21. The van der Waals surface area contributed by atoms with E-state index < -0.39 is 0 Å². The van der Waals surface area contributed by atoms with E-state index in [2.05, 4.69) is 6.19 Å². The normalized spacial score (nSPS) is 11.8. The maximum atomic E-state index is 9.07. The lowest BCUT2D eigenvalue weighted by Gasteiger charge is -2.14. The molecule has 0 N–H and O–H groups in total. The predicted molar refractivity (Wildman–Crippen MR) is 62.9 cm³/mol. The molecule has 17 heavy (non-hydrogen) atoms. The van der Waals surface area contributed by atoms with Crippen LogP contribution in [0.5, 0.6) is 0 Å². The van der Waals surface area contributed by atoms with Crippen molar-refractivity contribution in [2.75, 3.05) is 7.11 Å². The van der Waals surface area contributed by atoms with Gasteiger partial charge in [0.15, 0.2) is 11.0 Å². The number of hydrogen-bond donors (Lipinski definition) is 0. The predicted octanol–water partition coefficient (Wildman–Crippen LogP) is 2.04. The van der Waals surface area contributed by atoms with Gasteiger partial charge in [-0.1, -0.05) is 36.4 Å². The molecule has 0 spiro atoms. The minimum absolute atomic E-state index is 0.225. The van der Waals surface area contributed by atoms with Crippen molar-refractivity contribution in [3.05, 3.63) is 66.0 Å². The standard InChI is InChI=1S/C14H13N2O/c1-17-14(12-7-3-2-4-8-12)13-9-5-6-10-16(13)11-15/h2-10,14H,1H3/q+1. The second-order valence-electron chi connectivity index (χ2n) is 3.62. The van der Waals surface area contributed by atoms with Gasteiger partial charge in [-0.3, -0.25) is 0 Å². The molecule has 3 nitrogen and oxygen atoms in total. The van der Waals surface area contributed by atoms with Crippen LogP contribution in [-0.4, -0.2) is 7.11 Å². The average molecular weight is 225 g/mol. The Labute approximate surface area is 101 Å². The number of ether oxygens (including phenoxy) is 1. The lowest BCUT2D eigenvalue weighted by Crippen LogP contribution is -2.35. The molecule has 1 aromatic heterocycles. The van der Waals surface area contributed by atoms with Crippen LogP contribution in [0.25, 0.3) is 0 Å². The molecule has 0 fully saturated rings. The molecule has 1 unspecified atom stereocenters. The second-order valence-corrected chi connectivity index (χ2v) is 3.62. The Morgan fingerprint density at radius 3 is 2.47 bits per heavy atom. The van der Waals surface area contributed by atoms with E-state index in [-0.39, 0.29) is 6.10 Å². The lowest BCUT2D eigenvalue weighted by molar-refractivity contribution is -0.599. The number of benzene rings is 1. The van der Waals surface area contributed by atoms with Crippen LogP contribution in [0.2, 0.25) is 0 Å². The number of nitriles is 1. The van der Waals surface area contributed by atoms with Gasteiger partial charge in [0, 0.05) is 7.11 Å². The number of methoxy groups -OCH3 is 1. The molecule has 1 atom stereocenters. The van der Waals surface area contributed by atoms with E-state index in [1.807, 2.05) is 48.5 Å². The molecule has 2 rings (SSSR count). The molecule has 0 bridgehead atoms. The molecule has 0 aliphatic rings. The SMILES string of the molecule is COC(c1ccccc1)c1cccc[n+]1C#N. The van der Waals surface area contributed by atoms with Crippen LogP contribution in [0.3, 0.4) is 0 Å². The summed E-state index contributed by atoms with van der Waals surface area (Å²) in [6.45, 7) is 0. The lowest BCUT2D eigenvalue weighted by atomic mass is 10.1. The monoisotopic (exact) mass is 225 g/mol. The molecule has 1 heterocycles. The van der Waals surface area contributed by atoms with E-state index in [0.717, 1.165) is 11.3 Å². The van der Waals surface area contributed by atoms with Gasteiger partial charge in [-0.05, 0) is 17.7 Å². The minimum Gasteiger partial charge on any atom is -0.368 e. The first kappa shape index (κ1) is 11.3. The third-order valence-corrected chi connectivity index (χ3v) is 2.61. The molecule has 0 saturated heterocycles. The van der Waals surface area contributed by atoms with Crippen LogP contribution in [0.4, 0.5) is 0 Å². The highest BCUT2D eigenvalue weighted by molar-refractivity contribution is 5.24. The van der Waals surface area contributed by atoms with Gasteiger partial charge < -0.3 is 4.74 Å². The van der Waals surface area contributed by atoms with Crippen molar-refractivity contribution in [3.8, 4) is 6.19 Å². The van der Waals surface area contributed by atoms with Crippen molar-refractivity contribution in [2.45, 2.75) is 6.10 Å². The van der Waals surface area contributed by atoms with E-state index in [1.165, 1.54) is 4.57 Å². The highest BCUT2D eigenvalue weighted by atomic mass is 16.5. The largest absolute Gasteiger partial charge is 0.464 e. The van der Waals surface area contributed by atoms with E-state index >= 15 is 0 Å². The van der Waals surface area contributed by atoms with Gasteiger partial charge in [0.2, 0.25) is 0 Å². The quantitative estimate of drug-likeness (QED) is 0.749. The van der Waals surface area contributed by atoms with Crippen molar-refractivity contribution < 1.29 is 9.30 Å². The Hall–Kier alpha value is -2.18. The third kappa shape index (κ3) is 2.32. The van der Waals surface area contributed by atoms with Gasteiger partial charge in [-0.2, -0.15) is 0 Å². The summed E-state index contributed by atoms with van der Waals surface area (Å²) >= 11 is 0. The Morgan fingerprint density at radius 2 is 1.82 bits per heavy atom. The zero-order chi connectivity index (χ0) is 12.1. The molecule has 2 aromatic rings. The van der Waals surface area contributed by atoms with Crippen LogP contribution < -0.4 is 4.57 Å². The smallest absolute Gasteiger partial charge is 0.368 e. The third-order valence-electron chi connectivity index (χ3n) is 2.61. The van der Waals surface area contributed by atoms with Gasteiger partial charge in [0.25, 0.3) is 0 Å². The molecular weight excluding hydrogens is 212 g/mol. The Balaban J connectivity index is 2.47. The summed E-state index contributed by atoms with van der Waals surface area (Å²) in [5.41, 5.74) is 1.86. The molecule has 0 saturated carbocycles. The fourth-order valence-electron chi connectivity index (χ4n) is 1.82. The van der Waals surface area contributed by atoms with Crippen LogP contribution in [0.1, 0.15) is 17.4 Å². The van der Waals surface area contributed by atoms with Crippen LogP contribution in [0.15, 0.2) is 54.7 Å². The number of pyridine rings is 1. The Kier molecular flexibility index (Phi) is 3.49. The van der Waals surface area contributed by atoms with Crippen molar-refractivity contribution in [1.82, 2.24) is 0 Å². The molecule has 3 heteroatoms. The van der Waals surface area contributed by atoms with E-state index in [4.69, 9.17) is 10.00 Å². The van der Waals surface area contributed by atoms with Gasteiger partial charge in [0.1, 0.15) is 12.3 Å². The maximum Gasteiger partial charge on any atom is 0.464 e. The topological polar surface area (TPSA) is 36.9 Å². The number of hydrogen-bond acceptors (Lipinski definition) is 2. The van der Waals surface area contributed by atoms with Crippen LogP contribution in [-0.2, 0) is 4.74 Å². The first-order chi connectivity index (χ1) is 8.36. The van der Waals surface area contributed by atoms with Gasteiger partial charge in [-0.25, -0.2) is 0 Å². The summed E-state index contributed by atoms with van der Waals surface area (Å²) in [6.07, 6.45) is 3.62. The van der Waals surface area contributed by atoms with E-state index in [9.17, 15) is 0 Å². The van der Waals surface area contributed by atoms with Crippen LogP contribution >= 0.6 is 0 Å². The zero-order valence-electron chi connectivity index (χ0n) is 9.58. The first-order valence-corrected chi connectivity index (χ1v) is 5.35. The summed E-state index contributed by atoms with van der Waals surface area (Å²) in [6, 6.07) is 15.5. The summed E-state index contributed by atoms with van der Waals surface area (Å²) < 4.78 is 7.01. The number of nitrogens with zero attached hydrogens (tertiary/aromatic N) is 2. The minimum atomic E-state index is -0.225. The molecular formula is C14H13N2O+. The van der Waals surface area contributed by atoms with E-state index in [1.54, 1.807) is 13.3 Å². The summed E-state index contributed by atoms with van der Waals surface area (Å²) in [4.78, 5) is 0. The van der Waals surface area contributed by atoms with E-state index in [0.29, 0.717) is 0 Å². The molecule has 1 aromatic carbocycles. The summed E-state index contributed by atoms with van der Waals surface area (Å²) in [5, 5.41) is 9.07. The van der Waals surface area contributed by atoms with Gasteiger partial charge in [-0.15, -0.1) is 4.57 Å². The average Bonchev–Trinajstić information content (AvgIpc) is 2.41.